The molecule has 0 saturated heterocycles. The van der Waals surface area contributed by atoms with Crippen LogP contribution in [0.5, 0.6) is 0 Å². The Morgan fingerprint density at radius 1 is 0.792 bits per heavy atom. The van der Waals surface area contributed by atoms with E-state index < -0.39 is 8.07 Å². The summed E-state index contributed by atoms with van der Waals surface area (Å²) in [5, 5.41) is 2.13. The van der Waals surface area contributed by atoms with Crippen molar-refractivity contribution in [2.75, 3.05) is 0 Å². The van der Waals surface area contributed by atoms with Crippen LogP contribution in [0.2, 0.25) is 6.55 Å². The van der Waals surface area contributed by atoms with Gasteiger partial charge in [0.2, 0.25) is 0 Å². The first-order chi connectivity index (χ1) is 11.6. The van der Waals surface area contributed by atoms with Crippen molar-refractivity contribution < 1.29 is 4.39 Å². The molecule has 0 aromatic heterocycles. The summed E-state index contributed by atoms with van der Waals surface area (Å²) in [7, 11) is -2.64. The Balaban J connectivity index is 2.17. The molecule has 0 aliphatic rings. The van der Waals surface area contributed by atoms with Crippen LogP contribution in [0.4, 0.5) is 4.39 Å². The molecule has 3 heteroatoms. The largest absolute Gasteiger partial charge is 0.216 e. The average molecular weight is 397 g/mol. The highest BCUT2D eigenvalue weighted by Crippen LogP contribution is 2.24. The van der Waals surface area contributed by atoms with Crippen LogP contribution in [0.15, 0.2) is 94.9 Å². The maximum Gasteiger partial charge on any atom is 0.181 e. The van der Waals surface area contributed by atoms with Gasteiger partial charge in [-0.1, -0.05) is 101 Å². The van der Waals surface area contributed by atoms with Gasteiger partial charge in [-0.05, 0) is 28.1 Å². The smallest absolute Gasteiger partial charge is 0.181 e. The van der Waals surface area contributed by atoms with Crippen LogP contribution in [0.1, 0.15) is 5.56 Å². The molecule has 0 fully saturated rings. The average Bonchev–Trinajstić information content (AvgIpc) is 2.64. The minimum atomic E-state index is -2.64. The van der Waals surface area contributed by atoms with Crippen molar-refractivity contribution in [3.05, 3.63) is 100 Å². The molecule has 0 amide bonds. The minimum absolute atomic E-state index is 0.0493. The maximum atomic E-state index is 15.6. The zero-order valence-electron chi connectivity index (χ0n) is 13.4. The number of halogens is 2. The minimum Gasteiger partial charge on any atom is -0.216 e. The lowest BCUT2D eigenvalue weighted by Gasteiger charge is -2.27. The van der Waals surface area contributed by atoms with Gasteiger partial charge in [0.25, 0.3) is 0 Å². The highest BCUT2D eigenvalue weighted by molar-refractivity contribution is 9.10. The lowest BCUT2D eigenvalue weighted by molar-refractivity contribution is 0.692. The number of rotatable bonds is 4. The van der Waals surface area contributed by atoms with Gasteiger partial charge in [0.05, 0.1) is 5.45 Å². The molecule has 0 N–H and O–H groups in total. The second kappa shape index (κ2) is 7.28. The van der Waals surface area contributed by atoms with Gasteiger partial charge in [-0.25, -0.2) is 4.39 Å². The van der Waals surface area contributed by atoms with Crippen LogP contribution in [-0.2, 0) is 0 Å². The fraction of sp³-hybridized carbons (Fsp3) is 0.0476. The van der Waals surface area contributed by atoms with E-state index in [-0.39, 0.29) is 5.45 Å². The molecule has 0 bridgehead atoms. The second-order valence-corrected chi connectivity index (χ2v) is 10.6. The predicted molar refractivity (Wildman–Crippen MR) is 107 cm³/mol. The molecular formula is C21H18BrFSi. The third-order valence-electron chi connectivity index (χ3n) is 4.37. The molecule has 3 rings (SSSR count). The summed E-state index contributed by atoms with van der Waals surface area (Å²) >= 11 is 3.51. The molecule has 0 aliphatic heterocycles. The summed E-state index contributed by atoms with van der Waals surface area (Å²) in [5.74, 6) is 0. The van der Waals surface area contributed by atoms with Crippen molar-refractivity contribution >= 4 is 40.5 Å². The topological polar surface area (TPSA) is 0 Å². The first-order valence-corrected chi connectivity index (χ1v) is 11.1. The number of hydrogen-bond donors (Lipinski definition) is 0. The summed E-state index contributed by atoms with van der Waals surface area (Å²) in [6, 6.07) is 27.7. The van der Waals surface area contributed by atoms with Crippen molar-refractivity contribution in [3.63, 3.8) is 0 Å². The van der Waals surface area contributed by atoms with Gasteiger partial charge in [-0.3, -0.25) is 0 Å². The third kappa shape index (κ3) is 3.28. The van der Waals surface area contributed by atoms with Gasteiger partial charge in [-0.15, -0.1) is 0 Å². The summed E-state index contributed by atoms with van der Waals surface area (Å²) < 4.78 is 16.5. The van der Waals surface area contributed by atoms with Crippen molar-refractivity contribution in [1.29, 1.82) is 0 Å². The molecule has 24 heavy (non-hydrogen) atoms. The fourth-order valence-electron chi connectivity index (χ4n) is 2.86. The number of benzene rings is 3. The van der Waals surface area contributed by atoms with Gasteiger partial charge in [-0.2, -0.15) is 0 Å². The monoisotopic (exact) mass is 396 g/mol. The van der Waals surface area contributed by atoms with Gasteiger partial charge in [0.1, 0.15) is 0 Å². The van der Waals surface area contributed by atoms with Gasteiger partial charge < -0.3 is 0 Å². The molecular weight excluding hydrogens is 379 g/mol. The van der Waals surface area contributed by atoms with Gasteiger partial charge >= 0.3 is 0 Å². The summed E-state index contributed by atoms with van der Waals surface area (Å²) in [4.78, 5) is 0. The Labute approximate surface area is 151 Å². The molecule has 0 radical (unpaired) electrons. The fourth-order valence-corrected chi connectivity index (χ4v) is 6.30. The molecule has 0 spiro atoms. The Morgan fingerprint density at radius 2 is 1.25 bits per heavy atom. The van der Waals surface area contributed by atoms with Crippen LogP contribution in [0.25, 0.3) is 6.08 Å². The maximum absolute atomic E-state index is 15.6. The van der Waals surface area contributed by atoms with E-state index in [1.807, 2.05) is 84.9 Å². The number of hydrogen-bond acceptors (Lipinski definition) is 0. The quantitative estimate of drug-likeness (QED) is 0.532. The standard InChI is InChI=1S/C21H18BrFSi/c1-24(18-11-4-2-5-12-18,19-13-6-3-7-14-19)21(23)16-17-10-8-9-15-20(17)22/h2-16H,1H3/b21-16+. The lowest BCUT2D eigenvalue weighted by Crippen LogP contribution is -2.56. The van der Waals surface area contributed by atoms with E-state index in [4.69, 9.17) is 0 Å². The predicted octanol–water partition coefficient (Wildman–Crippen LogP) is 5.19. The molecule has 0 nitrogen and oxygen atoms in total. The highest BCUT2D eigenvalue weighted by atomic mass is 79.9. The summed E-state index contributed by atoms with van der Waals surface area (Å²) in [5.41, 5.74) is 0.812. The van der Waals surface area contributed by atoms with Crippen LogP contribution in [-0.4, -0.2) is 8.07 Å². The zero-order valence-corrected chi connectivity index (χ0v) is 16.0. The second-order valence-electron chi connectivity index (χ2n) is 5.87. The Hall–Kier alpha value is -1.97. The molecule has 0 heterocycles. The Morgan fingerprint density at radius 3 is 1.75 bits per heavy atom. The van der Waals surface area contributed by atoms with E-state index in [1.54, 1.807) is 6.08 Å². The normalized spacial score (nSPS) is 12.2. The molecule has 120 valence electrons. The van der Waals surface area contributed by atoms with Crippen molar-refractivity contribution in [2.45, 2.75) is 6.55 Å². The van der Waals surface area contributed by atoms with Crippen LogP contribution in [0, 0.1) is 0 Å². The van der Waals surface area contributed by atoms with E-state index in [0.717, 1.165) is 20.4 Å². The summed E-state index contributed by atoms with van der Waals surface area (Å²) in [6.07, 6.45) is 1.68. The molecule has 3 aromatic rings. The SMILES string of the molecule is C[Si](/C(F)=C/c1ccccc1Br)(c1ccccc1)c1ccccc1. The van der Waals surface area contributed by atoms with E-state index in [2.05, 4.69) is 22.5 Å². The van der Waals surface area contributed by atoms with Crippen molar-refractivity contribution in [2.24, 2.45) is 0 Å². The molecule has 0 atom stereocenters. The van der Waals surface area contributed by atoms with E-state index in [9.17, 15) is 0 Å². The first-order valence-electron chi connectivity index (χ1n) is 7.85. The molecule has 0 unspecified atom stereocenters. The zero-order chi connectivity index (χ0) is 17.0. The first kappa shape index (κ1) is 16.9. The molecule has 0 aliphatic carbocycles. The van der Waals surface area contributed by atoms with Crippen molar-refractivity contribution in [3.8, 4) is 0 Å². The lowest BCUT2D eigenvalue weighted by atomic mass is 10.2. The third-order valence-corrected chi connectivity index (χ3v) is 9.17. The van der Waals surface area contributed by atoms with Gasteiger partial charge in [0, 0.05) is 4.47 Å². The van der Waals surface area contributed by atoms with Crippen LogP contribution < -0.4 is 10.4 Å². The summed E-state index contributed by atoms with van der Waals surface area (Å²) in [6.45, 7) is 2.07. The highest BCUT2D eigenvalue weighted by Gasteiger charge is 2.37. The van der Waals surface area contributed by atoms with Crippen LogP contribution >= 0.6 is 15.9 Å². The molecule has 3 aromatic carbocycles. The van der Waals surface area contributed by atoms with E-state index in [0.29, 0.717) is 0 Å². The molecule has 0 saturated carbocycles. The van der Waals surface area contributed by atoms with Crippen molar-refractivity contribution in [1.82, 2.24) is 0 Å². The van der Waals surface area contributed by atoms with E-state index in [1.165, 1.54) is 0 Å². The van der Waals surface area contributed by atoms with Crippen LogP contribution in [0.3, 0.4) is 0 Å². The Kier molecular flexibility index (Phi) is 5.12. The van der Waals surface area contributed by atoms with E-state index >= 15 is 4.39 Å². The Bertz CT molecular complexity index is 804. The van der Waals surface area contributed by atoms with Gasteiger partial charge in [0.15, 0.2) is 8.07 Å².